The SMILES string of the molecule is C#CCNC(=NCc1ccc(OC)c(OC(F)F)c1)NCC. The summed E-state index contributed by atoms with van der Waals surface area (Å²) in [6, 6.07) is 4.76. The van der Waals surface area contributed by atoms with E-state index in [1.807, 2.05) is 6.92 Å². The van der Waals surface area contributed by atoms with E-state index in [0.29, 0.717) is 24.6 Å². The van der Waals surface area contributed by atoms with Crippen molar-refractivity contribution in [2.45, 2.75) is 20.1 Å². The fourth-order valence-electron chi connectivity index (χ4n) is 1.65. The van der Waals surface area contributed by atoms with E-state index < -0.39 is 6.61 Å². The molecule has 0 unspecified atom stereocenters. The zero-order valence-corrected chi connectivity index (χ0v) is 12.5. The van der Waals surface area contributed by atoms with Crippen LogP contribution in [0.2, 0.25) is 0 Å². The molecule has 0 aliphatic heterocycles. The van der Waals surface area contributed by atoms with Crippen molar-refractivity contribution in [1.82, 2.24) is 10.6 Å². The molecule has 1 aromatic rings. The summed E-state index contributed by atoms with van der Waals surface area (Å²) in [5.41, 5.74) is 0.703. The average molecular weight is 311 g/mol. The first-order chi connectivity index (χ1) is 10.6. The van der Waals surface area contributed by atoms with E-state index >= 15 is 0 Å². The number of guanidine groups is 1. The van der Waals surface area contributed by atoms with Gasteiger partial charge in [-0.25, -0.2) is 4.99 Å². The Morgan fingerprint density at radius 1 is 1.36 bits per heavy atom. The van der Waals surface area contributed by atoms with Crippen LogP contribution in [0.15, 0.2) is 23.2 Å². The maximum Gasteiger partial charge on any atom is 0.387 e. The zero-order chi connectivity index (χ0) is 16.4. The second-order valence-corrected chi connectivity index (χ2v) is 4.12. The Labute approximate surface area is 128 Å². The third-order valence-corrected chi connectivity index (χ3v) is 2.57. The Hall–Kier alpha value is -2.49. The highest BCUT2D eigenvalue weighted by molar-refractivity contribution is 5.80. The molecular formula is C15H19F2N3O2. The molecule has 0 aromatic heterocycles. The Morgan fingerprint density at radius 3 is 2.73 bits per heavy atom. The van der Waals surface area contributed by atoms with Crippen LogP contribution in [-0.2, 0) is 6.54 Å². The van der Waals surface area contributed by atoms with Crippen molar-refractivity contribution in [1.29, 1.82) is 0 Å². The lowest BCUT2D eigenvalue weighted by atomic mass is 10.2. The normalized spacial score (nSPS) is 11.0. The number of nitrogens with one attached hydrogen (secondary N) is 2. The van der Waals surface area contributed by atoms with Gasteiger partial charge in [0.05, 0.1) is 20.2 Å². The van der Waals surface area contributed by atoms with E-state index in [1.165, 1.54) is 13.2 Å². The Bertz CT molecular complexity index is 542. The molecule has 0 spiro atoms. The number of terminal acetylenes is 1. The van der Waals surface area contributed by atoms with E-state index in [9.17, 15) is 8.78 Å². The molecule has 2 N–H and O–H groups in total. The van der Waals surface area contributed by atoms with Crippen molar-refractivity contribution in [2.24, 2.45) is 4.99 Å². The van der Waals surface area contributed by atoms with Crippen molar-refractivity contribution in [3.05, 3.63) is 23.8 Å². The molecule has 0 amide bonds. The van der Waals surface area contributed by atoms with Crippen molar-refractivity contribution < 1.29 is 18.3 Å². The lowest BCUT2D eigenvalue weighted by Gasteiger charge is -2.12. The number of rotatable bonds is 7. The molecule has 0 fully saturated rings. The van der Waals surface area contributed by atoms with Gasteiger partial charge < -0.3 is 20.1 Å². The van der Waals surface area contributed by atoms with E-state index in [1.54, 1.807) is 12.1 Å². The van der Waals surface area contributed by atoms with Crippen molar-refractivity contribution >= 4 is 5.96 Å². The van der Waals surface area contributed by atoms with Gasteiger partial charge in [-0.1, -0.05) is 12.0 Å². The maximum absolute atomic E-state index is 12.4. The van der Waals surface area contributed by atoms with Crippen LogP contribution in [0.5, 0.6) is 11.5 Å². The number of benzene rings is 1. The minimum atomic E-state index is -2.91. The number of nitrogens with zero attached hydrogens (tertiary/aromatic N) is 1. The first-order valence-corrected chi connectivity index (χ1v) is 6.68. The zero-order valence-electron chi connectivity index (χ0n) is 12.5. The molecule has 0 bridgehead atoms. The van der Waals surface area contributed by atoms with Crippen LogP contribution < -0.4 is 20.1 Å². The number of halogens is 2. The predicted molar refractivity (Wildman–Crippen MR) is 81.3 cm³/mol. The number of alkyl halides is 2. The number of ether oxygens (including phenoxy) is 2. The largest absolute Gasteiger partial charge is 0.493 e. The quantitative estimate of drug-likeness (QED) is 0.459. The Balaban J connectivity index is 2.85. The molecule has 0 radical (unpaired) electrons. The van der Waals surface area contributed by atoms with Gasteiger partial charge in [-0.3, -0.25) is 0 Å². The van der Waals surface area contributed by atoms with Gasteiger partial charge in [0, 0.05) is 6.54 Å². The van der Waals surface area contributed by atoms with Gasteiger partial charge in [-0.15, -0.1) is 6.42 Å². The maximum atomic E-state index is 12.4. The standard InChI is InChI=1S/C15H19F2N3O2/c1-4-8-19-15(18-5-2)20-10-11-6-7-12(21-3)13(9-11)22-14(16)17/h1,6-7,9,14H,5,8,10H2,2-3H3,(H2,18,19,20). The van der Waals surface area contributed by atoms with Crippen LogP contribution in [-0.4, -0.2) is 32.8 Å². The molecule has 1 rings (SSSR count). The van der Waals surface area contributed by atoms with Crippen LogP contribution >= 0.6 is 0 Å². The first-order valence-electron chi connectivity index (χ1n) is 6.68. The molecule has 1 aromatic carbocycles. The molecular weight excluding hydrogens is 292 g/mol. The third-order valence-electron chi connectivity index (χ3n) is 2.57. The second kappa shape index (κ2) is 9.45. The highest BCUT2D eigenvalue weighted by atomic mass is 19.3. The predicted octanol–water partition coefficient (Wildman–Crippen LogP) is 1.98. The van der Waals surface area contributed by atoms with Crippen LogP contribution in [0.25, 0.3) is 0 Å². The highest BCUT2D eigenvalue weighted by Gasteiger charge is 2.11. The van der Waals surface area contributed by atoms with Gasteiger partial charge in [0.15, 0.2) is 17.5 Å². The van der Waals surface area contributed by atoms with Crippen molar-refractivity contribution in [3.63, 3.8) is 0 Å². The van der Waals surface area contributed by atoms with Gasteiger partial charge in [0.1, 0.15) is 0 Å². The summed E-state index contributed by atoms with van der Waals surface area (Å²) >= 11 is 0. The smallest absolute Gasteiger partial charge is 0.387 e. The lowest BCUT2D eigenvalue weighted by Crippen LogP contribution is -2.37. The van der Waals surface area contributed by atoms with Crippen LogP contribution in [0.3, 0.4) is 0 Å². The molecule has 5 nitrogen and oxygen atoms in total. The van der Waals surface area contributed by atoms with E-state index in [0.717, 1.165) is 0 Å². The Kier molecular flexibility index (Phi) is 7.54. The number of methoxy groups -OCH3 is 1. The van der Waals surface area contributed by atoms with Gasteiger partial charge in [0.25, 0.3) is 0 Å². The summed E-state index contributed by atoms with van der Waals surface area (Å²) in [5, 5.41) is 5.96. The van der Waals surface area contributed by atoms with E-state index in [2.05, 4.69) is 26.3 Å². The fraction of sp³-hybridized carbons (Fsp3) is 0.400. The highest BCUT2D eigenvalue weighted by Crippen LogP contribution is 2.29. The first kappa shape index (κ1) is 17.6. The third kappa shape index (κ3) is 5.87. The molecule has 7 heteroatoms. The fourth-order valence-corrected chi connectivity index (χ4v) is 1.65. The van der Waals surface area contributed by atoms with Gasteiger partial charge in [-0.2, -0.15) is 8.78 Å². The van der Waals surface area contributed by atoms with E-state index in [-0.39, 0.29) is 18.0 Å². The van der Waals surface area contributed by atoms with Crippen LogP contribution in [0.1, 0.15) is 12.5 Å². The monoisotopic (exact) mass is 311 g/mol. The summed E-state index contributed by atoms with van der Waals surface area (Å²) in [7, 11) is 1.39. The molecule has 0 atom stereocenters. The molecule has 22 heavy (non-hydrogen) atoms. The summed E-state index contributed by atoms with van der Waals surface area (Å²) in [6.45, 7) is 0.313. The molecule has 0 saturated carbocycles. The van der Waals surface area contributed by atoms with Gasteiger partial charge in [-0.05, 0) is 24.6 Å². The van der Waals surface area contributed by atoms with Gasteiger partial charge in [0.2, 0.25) is 0 Å². The Morgan fingerprint density at radius 2 is 2.14 bits per heavy atom. The summed E-state index contributed by atoms with van der Waals surface area (Å²) < 4.78 is 34.2. The number of hydrogen-bond acceptors (Lipinski definition) is 3. The number of aliphatic imine (C=N–C) groups is 1. The molecule has 0 heterocycles. The van der Waals surface area contributed by atoms with Crippen molar-refractivity contribution in [3.8, 4) is 23.8 Å². The number of hydrogen-bond donors (Lipinski definition) is 2. The van der Waals surface area contributed by atoms with Gasteiger partial charge >= 0.3 is 6.61 Å². The van der Waals surface area contributed by atoms with E-state index in [4.69, 9.17) is 11.2 Å². The second-order valence-electron chi connectivity index (χ2n) is 4.12. The van der Waals surface area contributed by atoms with Crippen LogP contribution in [0.4, 0.5) is 8.78 Å². The lowest BCUT2D eigenvalue weighted by molar-refractivity contribution is -0.0512. The molecule has 0 saturated heterocycles. The summed E-state index contributed by atoms with van der Waals surface area (Å²) in [5.74, 6) is 3.22. The molecule has 120 valence electrons. The average Bonchev–Trinajstić information content (AvgIpc) is 2.49. The van der Waals surface area contributed by atoms with Crippen LogP contribution in [0, 0.1) is 12.3 Å². The summed E-state index contributed by atoms with van der Waals surface area (Å²) in [4.78, 5) is 4.31. The summed E-state index contributed by atoms with van der Waals surface area (Å²) in [6.07, 6.45) is 5.18. The minimum absolute atomic E-state index is 0.0215. The molecule has 0 aliphatic rings. The molecule has 0 aliphatic carbocycles. The topological polar surface area (TPSA) is 54.9 Å². The van der Waals surface area contributed by atoms with Crippen molar-refractivity contribution in [2.75, 3.05) is 20.2 Å². The minimum Gasteiger partial charge on any atom is -0.493 e.